The molecule has 0 bridgehead atoms. The molecule has 1 aliphatic heterocycles. The van der Waals surface area contributed by atoms with Crippen LogP contribution in [0, 0.1) is 0 Å². The Kier molecular flexibility index (Phi) is 4.56. The summed E-state index contributed by atoms with van der Waals surface area (Å²) >= 11 is 0. The molecule has 3 rings (SSSR count). The van der Waals surface area contributed by atoms with Crippen LogP contribution in [0.25, 0.3) is 0 Å². The third kappa shape index (κ3) is 3.39. The van der Waals surface area contributed by atoms with Crippen molar-refractivity contribution in [3.63, 3.8) is 0 Å². The number of hydrogen-bond acceptors (Lipinski definition) is 6. The van der Waals surface area contributed by atoms with E-state index in [0.717, 1.165) is 30.0 Å². The topological polar surface area (TPSA) is 110 Å². The summed E-state index contributed by atoms with van der Waals surface area (Å²) in [6.07, 6.45) is 3.61. The maximum atomic E-state index is 13.0. The molecular weight excluding hydrogens is 362 g/mol. The lowest BCUT2D eigenvalue weighted by atomic mass is 10.0. The Morgan fingerprint density at radius 1 is 1.16 bits per heavy atom. The van der Waals surface area contributed by atoms with Gasteiger partial charge in [-0.25, -0.2) is 21.8 Å². The van der Waals surface area contributed by atoms with Crippen LogP contribution in [0.3, 0.4) is 0 Å². The minimum atomic E-state index is -3.81. The van der Waals surface area contributed by atoms with Crippen LogP contribution in [0.4, 0.5) is 5.69 Å². The number of nitrogens with two attached hydrogens (primary N) is 1. The summed E-state index contributed by atoms with van der Waals surface area (Å²) in [7, 11) is -7.29. The molecule has 0 unspecified atom stereocenters. The molecule has 0 aliphatic carbocycles. The Bertz CT molecular complexity index is 1000. The number of nitrogens with zero attached hydrogens (tertiary/aromatic N) is 2. The second-order valence-corrected chi connectivity index (χ2v) is 9.78. The van der Waals surface area contributed by atoms with Crippen molar-refractivity contribution in [2.24, 2.45) is 5.73 Å². The molecule has 0 spiro atoms. The molecule has 2 heterocycles. The van der Waals surface area contributed by atoms with Gasteiger partial charge in [-0.3, -0.25) is 4.31 Å². The van der Waals surface area contributed by atoms with Crippen molar-refractivity contribution in [1.29, 1.82) is 0 Å². The summed E-state index contributed by atoms with van der Waals surface area (Å²) in [5.74, 6) is 0. The van der Waals surface area contributed by atoms with E-state index < -0.39 is 19.9 Å². The van der Waals surface area contributed by atoms with Gasteiger partial charge in [0.25, 0.3) is 10.0 Å². The second-order valence-electron chi connectivity index (χ2n) is 5.95. The highest BCUT2D eigenvalue weighted by atomic mass is 32.2. The summed E-state index contributed by atoms with van der Waals surface area (Å²) in [5, 5.41) is -0.155. The lowest BCUT2D eigenvalue weighted by molar-refractivity contribution is 0.584. The average Bonchev–Trinajstić information content (AvgIpc) is 2.60. The molecule has 9 heteroatoms. The SMILES string of the molecule is CS(=O)(=O)c1ccc(S(=O)(=O)N2CCCc3cc(CN)ccc32)cn1. The highest BCUT2D eigenvalue weighted by molar-refractivity contribution is 7.93. The molecule has 0 radical (unpaired) electrons. The van der Waals surface area contributed by atoms with E-state index in [1.165, 1.54) is 16.4 Å². The molecule has 2 N–H and O–H groups in total. The van der Waals surface area contributed by atoms with Crippen molar-refractivity contribution in [2.75, 3.05) is 17.1 Å². The van der Waals surface area contributed by atoms with Crippen LogP contribution in [0.1, 0.15) is 17.5 Å². The van der Waals surface area contributed by atoms with Crippen molar-refractivity contribution in [2.45, 2.75) is 29.3 Å². The molecule has 0 amide bonds. The van der Waals surface area contributed by atoms with Crippen LogP contribution < -0.4 is 10.0 Å². The molecule has 1 aromatic heterocycles. The molecule has 0 saturated heterocycles. The first-order chi connectivity index (χ1) is 11.7. The predicted octanol–water partition coefficient (Wildman–Crippen LogP) is 1.09. The summed E-state index contributed by atoms with van der Waals surface area (Å²) in [4.78, 5) is 3.75. The smallest absolute Gasteiger partial charge is 0.265 e. The quantitative estimate of drug-likeness (QED) is 0.849. The summed E-state index contributed by atoms with van der Waals surface area (Å²) in [5.41, 5.74) is 8.19. The van der Waals surface area contributed by atoms with E-state index in [0.29, 0.717) is 25.2 Å². The van der Waals surface area contributed by atoms with Gasteiger partial charge < -0.3 is 5.73 Å². The van der Waals surface area contributed by atoms with E-state index in [1.54, 1.807) is 6.07 Å². The van der Waals surface area contributed by atoms with Gasteiger partial charge in [-0.2, -0.15) is 0 Å². The number of rotatable bonds is 4. The molecule has 7 nitrogen and oxygen atoms in total. The Balaban J connectivity index is 2.02. The van der Waals surface area contributed by atoms with Gasteiger partial charge in [0.05, 0.1) is 5.69 Å². The summed E-state index contributed by atoms with van der Waals surface area (Å²) in [6.45, 7) is 0.766. The standard InChI is InChI=1S/C16H19N3O4S2/c1-24(20,21)16-7-5-14(11-18-16)25(22,23)19-8-2-3-13-9-12(10-17)4-6-15(13)19/h4-7,9,11H,2-3,8,10,17H2,1H3. The maximum absolute atomic E-state index is 13.0. The lowest BCUT2D eigenvalue weighted by Crippen LogP contribution is -2.35. The van der Waals surface area contributed by atoms with E-state index in [1.807, 2.05) is 12.1 Å². The summed E-state index contributed by atoms with van der Waals surface area (Å²) < 4.78 is 50.3. The predicted molar refractivity (Wildman–Crippen MR) is 94.5 cm³/mol. The fourth-order valence-electron chi connectivity index (χ4n) is 2.86. The molecule has 134 valence electrons. The number of pyridine rings is 1. The van der Waals surface area contributed by atoms with Crippen LogP contribution in [-0.4, -0.2) is 34.6 Å². The van der Waals surface area contributed by atoms with Gasteiger partial charge in [-0.05, 0) is 42.2 Å². The molecule has 0 fully saturated rings. The Hall–Kier alpha value is -1.97. The van der Waals surface area contributed by atoms with Gasteiger partial charge in [-0.1, -0.05) is 12.1 Å². The van der Waals surface area contributed by atoms with Crippen molar-refractivity contribution < 1.29 is 16.8 Å². The first kappa shape index (κ1) is 17.8. The molecule has 1 aromatic carbocycles. The Labute approximate surface area is 147 Å². The minimum absolute atomic E-state index is 0.0318. The average molecular weight is 381 g/mol. The van der Waals surface area contributed by atoms with Gasteiger partial charge in [0.15, 0.2) is 14.9 Å². The van der Waals surface area contributed by atoms with E-state index in [2.05, 4.69) is 4.98 Å². The fraction of sp³-hybridized carbons (Fsp3) is 0.312. The zero-order valence-electron chi connectivity index (χ0n) is 13.7. The normalized spacial score (nSPS) is 15.0. The number of sulfonamides is 1. The van der Waals surface area contributed by atoms with Crippen LogP contribution in [0.15, 0.2) is 46.5 Å². The lowest BCUT2D eigenvalue weighted by Gasteiger charge is -2.30. The molecule has 25 heavy (non-hydrogen) atoms. The van der Waals surface area contributed by atoms with Crippen LogP contribution in [0.2, 0.25) is 0 Å². The highest BCUT2D eigenvalue weighted by Gasteiger charge is 2.29. The van der Waals surface area contributed by atoms with Gasteiger partial charge in [0.2, 0.25) is 0 Å². The molecular formula is C16H19N3O4S2. The largest absolute Gasteiger partial charge is 0.326 e. The first-order valence-electron chi connectivity index (χ1n) is 7.74. The van der Waals surface area contributed by atoms with Crippen LogP contribution in [-0.2, 0) is 32.8 Å². The number of fused-ring (bicyclic) bond motifs is 1. The maximum Gasteiger partial charge on any atom is 0.265 e. The third-order valence-corrected chi connectivity index (χ3v) is 6.93. The molecule has 1 aliphatic rings. The highest BCUT2D eigenvalue weighted by Crippen LogP contribution is 2.32. The first-order valence-corrected chi connectivity index (χ1v) is 11.1. The number of sulfone groups is 1. The van der Waals surface area contributed by atoms with Crippen molar-refractivity contribution >= 4 is 25.5 Å². The summed E-state index contributed by atoms with van der Waals surface area (Å²) in [6, 6.07) is 8.01. The van der Waals surface area contributed by atoms with Crippen molar-refractivity contribution in [3.05, 3.63) is 47.7 Å². The fourth-order valence-corrected chi connectivity index (χ4v) is 4.90. The van der Waals surface area contributed by atoms with Crippen LogP contribution >= 0.6 is 0 Å². The molecule has 0 atom stereocenters. The van der Waals surface area contributed by atoms with Crippen LogP contribution in [0.5, 0.6) is 0 Å². The second kappa shape index (κ2) is 6.40. The number of aromatic nitrogens is 1. The van der Waals surface area contributed by atoms with Crippen molar-refractivity contribution in [1.82, 2.24) is 4.98 Å². The van der Waals surface area contributed by atoms with Crippen molar-refractivity contribution in [3.8, 4) is 0 Å². The zero-order chi connectivity index (χ0) is 18.2. The van der Waals surface area contributed by atoms with Gasteiger partial charge in [0, 0.05) is 25.5 Å². The number of anilines is 1. The Morgan fingerprint density at radius 3 is 2.52 bits per heavy atom. The van der Waals surface area contributed by atoms with E-state index in [4.69, 9.17) is 5.73 Å². The zero-order valence-corrected chi connectivity index (χ0v) is 15.3. The van der Waals surface area contributed by atoms with E-state index in [-0.39, 0.29) is 9.92 Å². The molecule has 0 saturated carbocycles. The van der Waals surface area contributed by atoms with Gasteiger partial charge in [0.1, 0.15) is 4.90 Å². The number of aryl methyl sites for hydroxylation is 1. The molecule has 2 aromatic rings. The van der Waals surface area contributed by atoms with E-state index >= 15 is 0 Å². The van der Waals surface area contributed by atoms with E-state index in [9.17, 15) is 16.8 Å². The third-order valence-electron chi connectivity index (χ3n) is 4.13. The number of hydrogen-bond donors (Lipinski definition) is 1. The number of benzene rings is 1. The van der Waals surface area contributed by atoms with Gasteiger partial charge >= 0.3 is 0 Å². The minimum Gasteiger partial charge on any atom is -0.326 e. The monoisotopic (exact) mass is 381 g/mol. The van der Waals surface area contributed by atoms with Gasteiger partial charge in [-0.15, -0.1) is 0 Å². The Morgan fingerprint density at radius 2 is 1.92 bits per heavy atom.